The molecular formula is C17H24F3N3O6S. The van der Waals surface area contributed by atoms with Crippen LogP contribution in [0.15, 0.2) is 24.5 Å². The number of aromatic nitrogens is 1. The molecule has 3 rings (SSSR count). The molecule has 1 spiro atoms. The smallest absolute Gasteiger partial charge is 0.475 e. The molecule has 2 aliphatic heterocycles. The third-order valence-corrected chi connectivity index (χ3v) is 6.61. The van der Waals surface area contributed by atoms with Crippen LogP contribution in [0.2, 0.25) is 0 Å². The number of rotatable bonds is 5. The van der Waals surface area contributed by atoms with Gasteiger partial charge in [-0.2, -0.15) is 30.2 Å². The molecule has 2 fully saturated rings. The highest BCUT2D eigenvalue weighted by Gasteiger charge is 2.49. The predicted molar refractivity (Wildman–Crippen MR) is 98.6 cm³/mol. The molecule has 170 valence electrons. The lowest BCUT2D eigenvalue weighted by Gasteiger charge is -2.24. The fraction of sp³-hybridized carbons (Fsp3) is 0.647. The van der Waals surface area contributed by atoms with E-state index >= 15 is 0 Å². The van der Waals surface area contributed by atoms with Gasteiger partial charge in [0.25, 0.3) is 10.2 Å². The van der Waals surface area contributed by atoms with E-state index in [-0.39, 0.29) is 6.10 Å². The number of aliphatic carboxylic acids is 1. The van der Waals surface area contributed by atoms with Crippen LogP contribution in [0, 0.1) is 0 Å². The Bertz CT molecular complexity index is 822. The summed E-state index contributed by atoms with van der Waals surface area (Å²) in [6.07, 6.45) is -0.143. The van der Waals surface area contributed by atoms with Crippen LogP contribution in [0.25, 0.3) is 0 Å². The van der Waals surface area contributed by atoms with E-state index in [1.807, 2.05) is 12.1 Å². The van der Waals surface area contributed by atoms with Crippen LogP contribution in [-0.4, -0.2) is 84.8 Å². The summed E-state index contributed by atoms with van der Waals surface area (Å²) in [6.45, 7) is 1.94. The molecule has 3 heterocycles. The summed E-state index contributed by atoms with van der Waals surface area (Å²) in [6, 6.07) is 3.85. The van der Waals surface area contributed by atoms with Gasteiger partial charge in [-0.15, -0.1) is 0 Å². The molecule has 0 saturated carbocycles. The average Bonchev–Trinajstić information content (AvgIpc) is 3.28. The number of hydrogen-bond acceptors (Lipinski definition) is 6. The topological polar surface area (TPSA) is 109 Å². The lowest BCUT2D eigenvalue weighted by Crippen LogP contribution is -2.41. The maximum Gasteiger partial charge on any atom is 0.490 e. The van der Waals surface area contributed by atoms with Gasteiger partial charge in [-0.25, -0.2) is 4.79 Å². The quantitative estimate of drug-likeness (QED) is 0.712. The number of halogens is 3. The van der Waals surface area contributed by atoms with Crippen molar-refractivity contribution in [2.75, 3.05) is 33.8 Å². The predicted octanol–water partition coefficient (Wildman–Crippen LogP) is 1.27. The highest BCUT2D eigenvalue weighted by Crippen LogP contribution is 2.37. The van der Waals surface area contributed by atoms with Crippen LogP contribution < -0.4 is 0 Å². The van der Waals surface area contributed by atoms with Crippen LogP contribution in [0.4, 0.5) is 13.2 Å². The molecule has 0 bridgehead atoms. The maximum atomic E-state index is 12.2. The Balaban J connectivity index is 0.000000396. The van der Waals surface area contributed by atoms with Crippen molar-refractivity contribution < 1.29 is 41.0 Å². The summed E-state index contributed by atoms with van der Waals surface area (Å²) in [5.41, 5.74) is 0.676. The largest absolute Gasteiger partial charge is 0.490 e. The van der Waals surface area contributed by atoms with Gasteiger partial charge in [-0.3, -0.25) is 4.98 Å². The van der Waals surface area contributed by atoms with Gasteiger partial charge in [0, 0.05) is 46.0 Å². The summed E-state index contributed by atoms with van der Waals surface area (Å²) >= 11 is 0. The van der Waals surface area contributed by atoms with Crippen molar-refractivity contribution >= 4 is 16.2 Å². The molecule has 0 radical (unpaired) electrons. The highest BCUT2D eigenvalue weighted by atomic mass is 32.2. The van der Waals surface area contributed by atoms with E-state index in [2.05, 4.69) is 4.98 Å². The zero-order valence-electron chi connectivity index (χ0n) is 16.5. The van der Waals surface area contributed by atoms with Gasteiger partial charge in [0.2, 0.25) is 0 Å². The standard InChI is InChI=1S/C15H23N3O4S.C2HF3O2/c1-17(2)23(19,20)18-8-5-15(12-18)9-14(11-22-15)21-10-13-3-6-16-7-4-13;3-2(4,5)1(6)7/h3-4,6-7,14H,5,8-12H2,1-2H3;(H,6,7)/t14-,15-;/m0./s1. The first kappa shape index (κ1) is 24.5. The zero-order valence-corrected chi connectivity index (χ0v) is 17.3. The molecule has 1 aromatic rings. The normalized spacial score (nSPS) is 24.8. The second kappa shape index (κ2) is 9.56. The number of pyridine rings is 1. The first-order chi connectivity index (χ1) is 13.9. The van der Waals surface area contributed by atoms with Gasteiger partial charge in [0.1, 0.15) is 0 Å². The Labute approximate surface area is 172 Å². The number of hydrogen-bond donors (Lipinski definition) is 1. The summed E-state index contributed by atoms with van der Waals surface area (Å²) in [5, 5.41) is 7.12. The van der Waals surface area contributed by atoms with Crippen LogP contribution >= 0.6 is 0 Å². The van der Waals surface area contributed by atoms with Crippen molar-refractivity contribution in [2.45, 2.75) is 37.3 Å². The van der Waals surface area contributed by atoms with E-state index in [0.717, 1.165) is 18.4 Å². The molecule has 2 atom stereocenters. The average molecular weight is 455 g/mol. The van der Waals surface area contributed by atoms with Crippen molar-refractivity contribution in [1.82, 2.24) is 13.6 Å². The number of carbonyl (C=O) groups is 1. The van der Waals surface area contributed by atoms with Crippen LogP contribution in [-0.2, 0) is 31.1 Å². The Kier molecular flexibility index (Phi) is 7.80. The number of carboxylic acids is 1. The minimum atomic E-state index is -5.08. The zero-order chi connectivity index (χ0) is 22.6. The molecule has 13 heteroatoms. The molecule has 0 amide bonds. The van der Waals surface area contributed by atoms with Crippen LogP contribution in [0.3, 0.4) is 0 Å². The SMILES string of the molecule is CN(C)S(=O)(=O)N1CC[C@]2(C[C@H](OCc3ccncc3)CO2)C1.O=C(O)C(F)(F)F. The van der Waals surface area contributed by atoms with E-state index < -0.39 is 28.0 Å². The molecule has 1 aromatic heterocycles. The molecular weight excluding hydrogens is 431 g/mol. The Morgan fingerprint density at radius 2 is 2.00 bits per heavy atom. The molecule has 9 nitrogen and oxygen atoms in total. The number of ether oxygens (including phenoxy) is 2. The van der Waals surface area contributed by atoms with Gasteiger partial charge < -0.3 is 14.6 Å². The molecule has 30 heavy (non-hydrogen) atoms. The van der Waals surface area contributed by atoms with Gasteiger partial charge in [-0.1, -0.05) is 0 Å². The third-order valence-electron chi connectivity index (χ3n) is 4.72. The minimum Gasteiger partial charge on any atom is -0.475 e. The monoisotopic (exact) mass is 455 g/mol. The van der Waals surface area contributed by atoms with Crippen molar-refractivity contribution in [3.63, 3.8) is 0 Å². The van der Waals surface area contributed by atoms with Crippen molar-refractivity contribution in [3.05, 3.63) is 30.1 Å². The Morgan fingerprint density at radius 1 is 1.40 bits per heavy atom. The third kappa shape index (κ3) is 6.35. The van der Waals surface area contributed by atoms with E-state index in [4.69, 9.17) is 19.4 Å². The fourth-order valence-electron chi connectivity index (χ4n) is 3.12. The second-order valence-corrected chi connectivity index (χ2v) is 9.31. The maximum absolute atomic E-state index is 12.2. The van der Waals surface area contributed by atoms with Crippen molar-refractivity contribution in [3.8, 4) is 0 Å². The lowest BCUT2D eigenvalue weighted by molar-refractivity contribution is -0.192. The Hall–Kier alpha value is -1.80. The summed E-state index contributed by atoms with van der Waals surface area (Å²) in [5.74, 6) is -2.76. The van der Waals surface area contributed by atoms with Crippen molar-refractivity contribution in [2.24, 2.45) is 0 Å². The molecule has 1 N–H and O–H groups in total. The van der Waals surface area contributed by atoms with Crippen LogP contribution in [0.5, 0.6) is 0 Å². The fourth-order valence-corrected chi connectivity index (χ4v) is 4.31. The molecule has 2 aliphatic rings. The van der Waals surface area contributed by atoms with Crippen LogP contribution in [0.1, 0.15) is 18.4 Å². The number of nitrogens with zero attached hydrogens (tertiary/aromatic N) is 3. The van der Waals surface area contributed by atoms with Gasteiger partial charge in [-0.05, 0) is 24.1 Å². The second-order valence-electron chi connectivity index (χ2n) is 7.16. The van der Waals surface area contributed by atoms with Gasteiger partial charge in [0.05, 0.1) is 24.9 Å². The lowest BCUT2D eigenvalue weighted by atomic mass is 9.98. The molecule has 0 unspecified atom stereocenters. The number of carboxylic acid groups (broad SMARTS) is 1. The minimum absolute atomic E-state index is 0.00479. The van der Waals surface area contributed by atoms with Gasteiger partial charge >= 0.3 is 12.1 Å². The van der Waals surface area contributed by atoms with Crippen molar-refractivity contribution in [1.29, 1.82) is 0 Å². The van der Waals surface area contributed by atoms with E-state index in [0.29, 0.717) is 26.3 Å². The molecule has 0 aromatic carbocycles. The molecule has 2 saturated heterocycles. The summed E-state index contributed by atoms with van der Waals surface area (Å²) in [4.78, 5) is 12.9. The van der Waals surface area contributed by atoms with E-state index in [1.165, 1.54) is 8.61 Å². The first-order valence-corrected chi connectivity index (χ1v) is 10.4. The van der Waals surface area contributed by atoms with E-state index in [1.54, 1.807) is 26.5 Å². The summed E-state index contributed by atoms with van der Waals surface area (Å²) < 4.78 is 70.8. The Morgan fingerprint density at radius 3 is 2.53 bits per heavy atom. The highest BCUT2D eigenvalue weighted by molar-refractivity contribution is 7.86. The summed E-state index contributed by atoms with van der Waals surface area (Å²) in [7, 11) is -0.270. The van der Waals surface area contributed by atoms with Gasteiger partial charge in [0.15, 0.2) is 0 Å². The number of alkyl halides is 3. The van der Waals surface area contributed by atoms with E-state index in [9.17, 15) is 21.6 Å². The first-order valence-electron chi connectivity index (χ1n) is 8.98. The molecule has 0 aliphatic carbocycles.